The first-order chi connectivity index (χ1) is 14.2. The van der Waals surface area contributed by atoms with Gasteiger partial charge >= 0.3 is 0 Å². The zero-order valence-electron chi connectivity index (χ0n) is 17.0. The normalized spacial score (nSPS) is 24.4. The molecule has 1 saturated heterocycles. The molecule has 0 radical (unpaired) electrons. The van der Waals surface area contributed by atoms with Gasteiger partial charge in [0.15, 0.2) is 6.04 Å². The first-order valence-corrected chi connectivity index (χ1v) is 10.5. The number of likely N-dealkylation sites (tertiary alicyclic amines) is 1. The average Bonchev–Trinajstić information content (AvgIpc) is 3.12. The lowest BCUT2D eigenvalue weighted by molar-refractivity contribution is -0.534. The number of piperidine rings is 1. The molecule has 1 fully saturated rings. The van der Waals surface area contributed by atoms with Gasteiger partial charge in [0.2, 0.25) is 0 Å². The van der Waals surface area contributed by atoms with Crippen LogP contribution in [0.3, 0.4) is 0 Å². The summed E-state index contributed by atoms with van der Waals surface area (Å²) in [6.07, 6.45) is 7.27. The highest BCUT2D eigenvalue weighted by Crippen LogP contribution is 2.39. The van der Waals surface area contributed by atoms with E-state index in [1.807, 2.05) is 18.5 Å². The highest BCUT2D eigenvalue weighted by atomic mass is 16.5. The fourth-order valence-corrected chi connectivity index (χ4v) is 4.93. The first kappa shape index (κ1) is 18.3. The van der Waals surface area contributed by atoms with E-state index in [-0.39, 0.29) is 6.10 Å². The molecule has 1 aliphatic carbocycles. The molecule has 0 saturated carbocycles. The van der Waals surface area contributed by atoms with Crippen LogP contribution in [-0.2, 0) is 6.42 Å². The monoisotopic (exact) mass is 386 g/mol. The maximum atomic E-state index is 6.67. The fourth-order valence-electron chi connectivity index (χ4n) is 4.93. The zero-order chi connectivity index (χ0) is 19.8. The summed E-state index contributed by atoms with van der Waals surface area (Å²) in [6, 6.07) is 18.0. The Hall–Kier alpha value is -2.72. The minimum atomic E-state index is 0.0502. The maximum Gasteiger partial charge on any atom is 0.164 e. The van der Waals surface area contributed by atoms with E-state index in [9.17, 15) is 0 Å². The van der Waals surface area contributed by atoms with E-state index in [0.717, 1.165) is 30.6 Å². The van der Waals surface area contributed by atoms with E-state index in [2.05, 4.69) is 70.7 Å². The third-order valence-corrected chi connectivity index (χ3v) is 6.54. The van der Waals surface area contributed by atoms with Crippen LogP contribution in [0, 0.1) is 0 Å². The van der Waals surface area contributed by atoms with Crippen LogP contribution in [0.4, 0.5) is 0 Å². The zero-order valence-corrected chi connectivity index (χ0v) is 17.0. The molecule has 1 aliphatic heterocycles. The second-order valence-electron chi connectivity index (χ2n) is 8.44. The molecule has 0 bridgehead atoms. The van der Waals surface area contributed by atoms with Gasteiger partial charge < -0.3 is 4.74 Å². The highest BCUT2D eigenvalue weighted by molar-refractivity contribution is 5.82. The minimum Gasteiger partial charge on any atom is -0.484 e. The Morgan fingerprint density at radius 1 is 1.14 bits per heavy atom. The summed E-state index contributed by atoms with van der Waals surface area (Å²) in [5.74, 6) is 0.917. The maximum absolute atomic E-state index is 6.67. The van der Waals surface area contributed by atoms with Crippen LogP contribution in [0.25, 0.3) is 10.8 Å². The van der Waals surface area contributed by atoms with Crippen molar-refractivity contribution in [3.05, 3.63) is 72.1 Å². The van der Waals surface area contributed by atoms with Gasteiger partial charge in [0.05, 0.1) is 12.6 Å². The molecule has 5 rings (SSSR count). The molecule has 0 amide bonds. The third kappa shape index (κ3) is 3.53. The quantitative estimate of drug-likeness (QED) is 0.499. The van der Waals surface area contributed by atoms with Crippen molar-refractivity contribution in [2.45, 2.75) is 37.5 Å². The molecule has 4 heteroatoms. The molecule has 2 aliphatic rings. The van der Waals surface area contributed by atoms with Gasteiger partial charge in [-0.1, -0.05) is 30.3 Å². The average molecular weight is 387 g/mol. The van der Waals surface area contributed by atoms with Gasteiger partial charge in [-0.15, -0.1) is 0 Å². The van der Waals surface area contributed by atoms with E-state index in [1.165, 1.54) is 29.4 Å². The molecule has 0 spiro atoms. The summed E-state index contributed by atoms with van der Waals surface area (Å²) in [7, 11) is 2.09. The number of likely N-dealkylation sites (N-methyl/N-ethyl adjacent to an activating group) is 1. The van der Waals surface area contributed by atoms with E-state index in [0.29, 0.717) is 12.1 Å². The Bertz CT molecular complexity index is 1050. The van der Waals surface area contributed by atoms with Crippen LogP contribution >= 0.6 is 0 Å². The van der Waals surface area contributed by atoms with Gasteiger partial charge in [-0.25, -0.2) is 4.58 Å². The van der Waals surface area contributed by atoms with Crippen molar-refractivity contribution in [1.82, 2.24) is 9.88 Å². The van der Waals surface area contributed by atoms with E-state index in [1.54, 1.807) is 0 Å². The van der Waals surface area contributed by atoms with E-state index in [4.69, 9.17) is 4.74 Å². The SMILES string of the molecule is C=[N+](C)C1CCCN(C2Cc3ccccc3C2Oc2ccc3ccncc3c2)C1. The number of ether oxygens (including phenoxy) is 1. The van der Waals surface area contributed by atoms with Crippen molar-refractivity contribution in [3.63, 3.8) is 0 Å². The predicted octanol–water partition coefficient (Wildman–Crippen LogP) is 4.09. The van der Waals surface area contributed by atoms with Crippen LogP contribution in [0.1, 0.15) is 30.1 Å². The van der Waals surface area contributed by atoms with E-state index < -0.39 is 0 Å². The molecule has 0 N–H and O–H groups in total. The van der Waals surface area contributed by atoms with Crippen molar-refractivity contribution >= 4 is 17.5 Å². The number of rotatable bonds is 4. The predicted molar refractivity (Wildman–Crippen MR) is 117 cm³/mol. The summed E-state index contributed by atoms with van der Waals surface area (Å²) in [5, 5.41) is 2.30. The Labute approximate surface area is 172 Å². The van der Waals surface area contributed by atoms with Gasteiger partial charge in [-0.2, -0.15) is 0 Å². The Balaban J connectivity index is 1.46. The number of hydrogen-bond donors (Lipinski definition) is 0. The highest BCUT2D eigenvalue weighted by Gasteiger charge is 2.40. The smallest absolute Gasteiger partial charge is 0.164 e. The Kier molecular flexibility index (Phi) is 4.80. The molecule has 148 valence electrons. The number of hydrogen-bond acceptors (Lipinski definition) is 3. The molecule has 3 unspecified atom stereocenters. The molecule has 1 aromatic heterocycles. The molecule has 29 heavy (non-hydrogen) atoms. The second kappa shape index (κ2) is 7.60. The number of pyridine rings is 1. The lowest BCUT2D eigenvalue weighted by Crippen LogP contribution is -2.49. The van der Waals surface area contributed by atoms with Crippen LogP contribution in [0.2, 0.25) is 0 Å². The van der Waals surface area contributed by atoms with Gasteiger partial charge in [0, 0.05) is 24.2 Å². The molecular weight excluding hydrogens is 358 g/mol. The minimum absolute atomic E-state index is 0.0502. The molecule has 2 aromatic carbocycles. The van der Waals surface area contributed by atoms with Crippen molar-refractivity contribution in [2.24, 2.45) is 0 Å². The van der Waals surface area contributed by atoms with Crippen LogP contribution in [0.15, 0.2) is 60.9 Å². The summed E-state index contributed by atoms with van der Waals surface area (Å²) in [4.78, 5) is 6.89. The van der Waals surface area contributed by atoms with Crippen molar-refractivity contribution < 1.29 is 9.31 Å². The number of fused-ring (bicyclic) bond motifs is 2. The molecule has 3 atom stereocenters. The molecular formula is C25H28N3O+. The topological polar surface area (TPSA) is 28.4 Å². The molecule has 3 aromatic rings. The summed E-state index contributed by atoms with van der Waals surface area (Å²) in [5.41, 5.74) is 2.74. The third-order valence-electron chi connectivity index (χ3n) is 6.54. The van der Waals surface area contributed by atoms with Crippen LogP contribution in [0.5, 0.6) is 5.75 Å². The molecule has 2 heterocycles. The van der Waals surface area contributed by atoms with E-state index >= 15 is 0 Å². The first-order valence-electron chi connectivity index (χ1n) is 10.5. The van der Waals surface area contributed by atoms with Gasteiger partial charge in [-0.05, 0) is 54.1 Å². The number of nitrogens with zero attached hydrogens (tertiary/aromatic N) is 3. The van der Waals surface area contributed by atoms with Gasteiger partial charge in [0.1, 0.15) is 25.6 Å². The van der Waals surface area contributed by atoms with Gasteiger partial charge in [-0.3, -0.25) is 9.88 Å². The lowest BCUT2D eigenvalue weighted by Gasteiger charge is -2.37. The lowest BCUT2D eigenvalue weighted by atomic mass is 10.0. The number of aromatic nitrogens is 1. The Morgan fingerprint density at radius 3 is 2.93 bits per heavy atom. The van der Waals surface area contributed by atoms with Crippen molar-refractivity contribution in [2.75, 3.05) is 20.1 Å². The Morgan fingerprint density at radius 2 is 2.03 bits per heavy atom. The standard InChI is InChI=1S/C25H28N3O/c1-27(2)21-7-5-13-28(17-21)24-15-19-6-3-4-8-23(19)25(24)29-22-10-9-18-11-12-26-16-20(18)14-22/h3-4,6,8-12,14,16,21,24-25H,1,5,7,13,15,17H2,2H3/q+1. The number of benzene rings is 2. The summed E-state index contributed by atoms with van der Waals surface area (Å²) < 4.78 is 8.80. The fraction of sp³-hybridized carbons (Fsp3) is 0.360. The van der Waals surface area contributed by atoms with Gasteiger partial charge in [0.25, 0.3) is 0 Å². The van der Waals surface area contributed by atoms with Crippen LogP contribution < -0.4 is 4.74 Å². The van der Waals surface area contributed by atoms with Crippen molar-refractivity contribution in [3.8, 4) is 5.75 Å². The molecule has 4 nitrogen and oxygen atoms in total. The summed E-state index contributed by atoms with van der Waals surface area (Å²) >= 11 is 0. The summed E-state index contributed by atoms with van der Waals surface area (Å²) in [6.45, 7) is 6.33. The second-order valence-corrected chi connectivity index (χ2v) is 8.44. The van der Waals surface area contributed by atoms with Crippen LogP contribution in [-0.4, -0.2) is 53.4 Å². The van der Waals surface area contributed by atoms with Crippen molar-refractivity contribution in [1.29, 1.82) is 0 Å². The largest absolute Gasteiger partial charge is 0.484 e.